The van der Waals surface area contributed by atoms with E-state index in [0.29, 0.717) is 6.54 Å². The van der Waals surface area contributed by atoms with Gasteiger partial charge in [0, 0.05) is 25.9 Å². The Kier molecular flexibility index (Phi) is 1.60. The van der Waals surface area contributed by atoms with Gasteiger partial charge in [0.25, 0.3) is 0 Å². The van der Waals surface area contributed by atoms with Crippen LogP contribution in [0.4, 0.5) is 0 Å². The van der Waals surface area contributed by atoms with E-state index in [1.807, 2.05) is 0 Å². The number of rotatable bonds is 2. The van der Waals surface area contributed by atoms with Gasteiger partial charge in [0.2, 0.25) is 0 Å². The van der Waals surface area contributed by atoms with Crippen molar-refractivity contribution < 1.29 is 19.4 Å². The van der Waals surface area contributed by atoms with Crippen LogP contribution in [0.5, 0.6) is 0 Å². The third kappa shape index (κ3) is 0.966. The zero-order valence-electron chi connectivity index (χ0n) is 7.19. The predicted octanol–water partition coefficient (Wildman–Crippen LogP) is -0.763. The minimum absolute atomic E-state index is 0.0890. The molecule has 0 aromatic heterocycles. The Hall–Kier alpha value is -1.10. The average Bonchev–Trinajstić information content (AvgIpc) is 2.48. The van der Waals surface area contributed by atoms with Crippen LogP contribution in [0, 0.1) is 11.3 Å². The first-order chi connectivity index (χ1) is 6.09. The zero-order valence-corrected chi connectivity index (χ0v) is 7.19. The first kappa shape index (κ1) is 8.50. The van der Waals surface area contributed by atoms with Gasteiger partial charge in [0.05, 0.1) is 0 Å². The van der Waals surface area contributed by atoms with Crippen molar-refractivity contribution in [2.75, 3.05) is 13.1 Å². The normalized spacial score (nSPS) is 41.0. The number of carboxylic acid groups (broad SMARTS) is 1. The summed E-state index contributed by atoms with van der Waals surface area (Å²) < 4.78 is 4.91. The maximum atomic E-state index is 10.9. The highest BCUT2D eigenvalue weighted by atomic mass is 16.6. The van der Waals surface area contributed by atoms with Crippen LogP contribution in [0.25, 0.3) is 0 Å². The number of aliphatic carboxylic acids is 1. The zero-order chi connectivity index (χ0) is 9.64. The molecule has 13 heavy (non-hydrogen) atoms. The number of piperidine rings is 1. The molecule has 5 nitrogen and oxygen atoms in total. The smallest absolute Gasteiger partial charge is 0.315 e. The standard InChI is InChI=1S/C8H10NO4/c1-4(10)13-6-5-2-9-3-8(5,6)7(11)12/h5-6H,2-3H2,1H3,(H,11,12). The van der Waals surface area contributed by atoms with E-state index < -0.39 is 23.5 Å². The van der Waals surface area contributed by atoms with E-state index in [-0.39, 0.29) is 12.5 Å². The molecule has 0 aromatic carbocycles. The van der Waals surface area contributed by atoms with Gasteiger partial charge >= 0.3 is 11.9 Å². The number of carbonyl (C=O) groups excluding carboxylic acids is 1. The number of fused-ring (bicyclic) bond motifs is 1. The van der Waals surface area contributed by atoms with Crippen LogP contribution < -0.4 is 5.32 Å². The molecule has 1 saturated carbocycles. The quantitative estimate of drug-likeness (QED) is 0.572. The lowest BCUT2D eigenvalue weighted by Crippen LogP contribution is -2.28. The number of hydrogen-bond acceptors (Lipinski definition) is 3. The second-order valence-electron chi connectivity index (χ2n) is 3.55. The third-order valence-corrected chi connectivity index (χ3v) is 2.82. The molecule has 5 heteroatoms. The third-order valence-electron chi connectivity index (χ3n) is 2.82. The van der Waals surface area contributed by atoms with Crippen molar-refractivity contribution in [1.82, 2.24) is 5.32 Å². The summed E-state index contributed by atoms with van der Waals surface area (Å²) >= 11 is 0. The average molecular weight is 184 g/mol. The van der Waals surface area contributed by atoms with Gasteiger partial charge in [-0.25, -0.2) is 5.32 Å². The molecule has 1 saturated heterocycles. The van der Waals surface area contributed by atoms with E-state index in [1.54, 1.807) is 0 Å². The molecule has 1 aliphatic heterocycles. The minimum Gasteiger partial charge on any atom is -0.481 e. The SMILES string of the molecule is CC(=O)OC1C2C[N]CC21C(=O)O. The fraction of sp³-hybridized carbons (Fsp3) is 0.750. The highest BCUT2D eigenvalue weighted by Crippen LogP contribution is 2.57. The van der Waals surface area contributed by atoms with Crippen LogP contribution in [0.15, 0.2) is 0 Å². The lowest BCUT2D eigenvalue weighted by atomic mass is 10.1. The molecule has 1 N–H and O–H groups in total. The van der Waals surface area contributed by atoms with Gasteiger partial charge in [-0.05, 0) is 0 Å². The summed E-state index contributed by atoms with van der Waals surface area (Å²) in [6.45, 7) is 2.08. The largest absolute Gasteiger partial charge is 0.481 e. The van der Waals surface area contributed by atoms with Gasteiger partial charge in [-0.3, -0.25) is 9.59 Å². The van der Waals surface area contributed by atoms with Crippen molar-refractivity contribution >= 4 is 11.9 Å². The van der Waals surface area contributed by atoms with Gasteiger partial charge in [-0.1, -0.05) is 0 Å². The molecule has 2 aliphatic rings. The molecular formula is C8H10NO4. The minimum atomic E-state index is -0.898. The van der Waals surface area contributed by atoms with Crippen molar-refractivity contribution in [1.29, 1.82) is 0 Å². The molecule has 1 radical (unpaired) electrons. The molecule has 1 heterocycles. The van der Waals surface area contributed by atoms with Gasteiger partial charge < -0.3 is 9.84 Å². The summed E-state index contributed by atoms with van der Waals surface area (Å²) in [5.41, 5.74) is -0.883. The Morgan fingerprint density at radius 1 is 1.62 bits per heavy atom. The van der Waals surface area contributed by atoms with Crippen LogP contribution >= 0.6 is 0 Å². The van der Waals surface area contributed by atoms with E-state index >= 15 is 0 Å². The van der Waals surface area contributed by atoms with Crippen LogP contribution in [0.1, 0.15) is 6.92 Å². The van der Waals surface area contributed by atoms with Crippen molar-refractivity contribution in [2.45, 2.75) is 13.0 Å². The van der Waals surface area contributed by atoms with Crippen molar-refractivity contribution in [2.24, 2.45) is 11.3 Å². The number of carbonyl (C=O) groups is 2. The highest BCUT2D eigenvalue weighted by molar-refractivity contribution is 5.82. The van der Waals surface area contributed by atoms with E-state index in [2.05, 4.69) is 5.32 Å². The van der Waals surface area contributed by atoms with Crippen LogP contribution in [0.3, 0.4) is 0 Å². The molecule has 3 atom stereocenters. The number of carboxylic acids is 1. The summed E-state index contributed by atoms with van der Waals surface area (Å²) in [6, 6.07) is 0. The topological polar surface area (TPSA) is 77.7 Å². The fourth-order valence-corrected chi connectivity index (χ4v) is 2.05. The Balaban J connectivity index is 2.11. The van der Waals surface area contributed by atoms with Gasteiger partial charge in [0.15, 0.2) is 0 Å². The maximum Gasteiger partial charge on any atom is 0.315 e. The number of nitrogens with zero attached hydrogens (tertiary/aromatic N) is 1. The molecule has 0 aromatic rings. The Morgan fingerprint density at radius 3 is 2.77 bits per heavy atom. The van der Waals surface area contributed by atoms with Crippen LogP contribution in [-0.2, 0) is 14.3 Å². The van der Waals surface area contributed by atoms with E-state index in [4.69, 9.17) is 9.84 Å². The molecule has 2 fully saturated rings. The molecule has 71 valence electrons. The van der Waals surface area contributed by atoms with Crippen molar-refractivity contribution in [3.05, 3.63) is 0 Å². The summed E-state index contributed by atoms with van der Waals surface area (Å²) in [7, 11) is 0. The predicted molar refractivity (Wildman–Crippen MR) is 41.0 cm³/mol. The molecule has 0 bridgehead atoms. The van der Waals surface area contributed by atoms with Gasteiger partial charge in [-0.2, -0.15) is 0 Å². The number of esters is 1. The Labute approximate surface area is 75.1 Å². The molecule has 0 spiro atoms. The van der Waals surface area contributed by atoms with Crippen LogP contribution in [0.2, 0.25) is 0 Å². The maximum absolute atomic E-state index is 10.9. The highest BCUT2D eigenvalue weighted by Gasteiger charge is 2.75. The molecule has 2 rings (SSSR count). The van der Waals surface area contributed by atoms with Crippen molar-refractivity contribution in [3.8, 4) is 0 Å². The van der Waals surface area contributed by atoms with E-state index in [1.165, 1.54) is 6.92 Å². The molecular weight excluding hydrogens is 174 g/mol. The van der Waals surface area contributed by atoms with Crippen LogP contribution in [-0.4, -0.2) is 36.2 Å². The second-order valence-corrected chi connectivity index (χ2v) is 3.55. The first-order valence-electron chi connectivity index (χ1n) is 4.13. The summed E-state index contributed by atoms with van der Waals surface area (Å²) in [6.07, 6.45) is -0.444. The summed E-state index contributed by atoms with van der Waals surface area (Å²) in [5, 5.41) is 12.9. The Morgan fingerprint density at radius 2 is 2.31 bits per heavy atom. The number of ether oxygens (including phenoxy) is 1. The lowest BCUT2D eigenvalue weighted by Gasteiger charge is -2.08. The van der Waals surface area contributed by atoms with E-state index in [9.17, 15) is 9.59 Å². The van der Waals surface area contributed by atoms with Crippen molar-refractivity contribution in [3.63, 3.8) is 0 Å². The Bertz CT molecular complexity index is 277. The van der Waals surface area contributed by atoms with Gasteiger partial charge in [0.1, 0.15) is 11.5 Å². The second kappa shape index (κ2) is 2.45. The molecule has 1 aliphatic carbocycles. The van der Waals surface area contributed by atoms with Gasteiger partial charge in [-0.15, -0.1) is 0 Å². The summed E-state index contributed by atoms with van der Waals surface area (Å²) in [5.74, 6) is -1.40. The number of hydrogen-bond donors (Lipinski definition) is 1. The summed E-state index contributed by atoms with van der Waals surface area (Å²) in [4.78, 5) is 21.5. The monoisotopic (exact) mass is 184 g/mol. The first-order valence-corrected chi connectivity index (χ1v) is 4.13. The fourth-order valence-electron chi connectivity index (χ4n) is 2.05. The molecule has 0 amide bonds. The molecule has 3 unspecified atom stereocenters. The lowest BCUT2D eigenvalue weighted by molar-refractivity contribution is -0.149. The van der Waals surface area contributed by atoms with E-state index in [0.717, 1.165) is 0 Å².